The predicted molar refractivity (Wildman–Crippen MR) is 196 cm³/mol. The van der Waals surface area contributed by atoms with E-state index in [1.165, 1.54) is 28.8 Å². The molecule has 1 fully saturated rings. The van der Waals surface area contributed by atoms with Gasteiger partial charge in [-0.25, -0.2) is 0 Å². The summed E-state index contributed by atoms with van der Waals surface area (Å²) in [5.74, 6) is -0.0469. The maximum Gasteiger partial charge on any atom is 0.416 e. The minimum atomic E-state index is -4.38. The average Bonchev–Trinajstić information content (AvgIpc) is 3.47. The van der Waals surface area contributed by atoms with Crippen molar-refractivity contribution >= 4 is 21.9 Å². The monoisotopic (exact) mass is 660 g/mol. The molecule has 5 heteroatoms. The fourth-order valence-corrected chi connectivity index (χ4v) is 7.42. The van der Waals surface area contributed by atoms with E-state index in [-0.39, 0.29) is 17.3 Å². The molecule has 0 spiro atoms. The van der Waals surface area contributed by atoms with Crippen molar-refractivity contribution in [2.75, 3.05) is 0 Å². The molecule has 0 aliphatic heterocycles. The van der Waals surface area contributed by atoms with E-state index in [0.29, 0.717) is 11.1 Å². The van der Waals surface area contributed by atoms with Crippen molar-refractivity contribution in [1.29, 1.82) is 0 Å². The van der Waals surface area contributed by atoms with Crippen LogP contribution < -0.4 is 0 Å². The van der Waals surface area contributed by atoms with Crippen LogP contribution in [0.1, 0.15) is 109 Å². The normalized spacial score (nSPS) is 16.5. The van der Waals surface area contributed by atoms with Gasteiger partial charge in [0.2, 0.25) is 0 Å². The Morgan fingerprint density at radius 1 is 0.776 bits per heavy atom. The lowest BCUT2D eigenvalue weighted by molar-refractivity contribution is -0.137. The van der Waals surface area contributed by atoms with Crippen molar-refractivity contribution in [3.63, 3.8) is 0 Å². The highest BCUT2D eigenvalue weighted by molar-refractivity contribution is 6.10. The zero-order chi connectivity index (χ0) is 35.6. The van der Waals surface area contributed by atoms with Crippen LogP contribution in [0.5, 0.6) is 0 Å². The second kappa shape index (κ2) is 12.5. The highest BCUT2D eigenvalue weighted by Crippen LogP contribution is 2.46. The summed E-state index contributed by atoms with van der Waals surface area (Å²) < 4.78 is 55.6. The summed E-state index contributed by atoms with van der Waals surface area (Å²) in [5, 5.41) is 1.89. The van der Waals surface area contributed by atoms with Crippen molar-refractivity contribution < 1.29 is 19.0 Å². The van der Waals surface area contributed by atoms with Crippen LogP contribution in [0.25, 0.3) is 55.4 Å². The third-order valence-corrected chi connectivity index (χ3v) is 10.4. The number of halogens is 3. The number of hydrogen-bond donors (Lipinski definition) is 0. The van der Waals surface area contributed by atoms with E-state index in [0.717, 1.165) is 82.1 Å². The van der Waals surface area contributed by atoms with Gasteiger partial charge in [-0.05, 0) is 130 Å². The van der Waals surface area contributed by atoms with Gasteiger partial charge in [-0.2, -0.15) is 13.2 Å². The van der Waals surface area contributed by atoms with Gasteiger partial charge < -0.3 is 4.42 Å². The van der Waals surface area contributed by atoms with Crippen LogP contribution in [-0.4, -0.2) is 4.98 Å². The van der Waals surface area contributed by atoms with E-state index in [9.17, 15) is 14.5 Å². The van der Waals surface area contributed by atoms with E-state index >= 15 is 0 Å². The van der Waals surface area contributed by atoms with Crippen LogP contribution >= 0.6 is 0 Å². The van der Waals surface area contributed by atoms with Gasteiger partial charge in [0, 0.05) is 23.9 Å². The molecule has 1 saturated carbocycles. The van der Waals surface area contributed by atoms with Crippen LogP contribution in [0.15, 0.2) is 95.5 Å². The van der Waals surface area contributed by atoms with E-state index in [2.05, 4.69) is 65.8 Å². The number of furan rings is 1. The summed E-state index contributed by atoms with van der Waals surface area (Å²) in [4.78, 5) is 4.83. The molecule has 2 heterocycles. The van der Waals surface area contributed by atoms with Crippen LogP contribution in [0.4, 0.5) is 13.2 Å². The highest BCUT2D eigenvalue weighted by atomic mass is 19.4. The summed E-state index contributed by atoms with van der Waals surface area (Å²) in [7, 11) is 0. The number of rotatable bonds is 6. The number of para-hydroxylation sites is 1. The first-order valence-electron chi connectivity index (χ1n) is 17.9. The second-order valence-corrected chi connectivity index (χ2v) is 15.1. The fourth-order valence-electron chi connectivity index (χ4n) is 7.42. The molecule has 0 radical (unpaired) electrons. The number of hydrogen-bond acceptors (Lipinski definition) is 2. The quantitative estimate of drug-likeness (QED) is 0.178. The Morgan fingerprint density at radius 3 is 2.06 bits per heavy atom. The molecule has 2 aromatic heterocycles. The Morgan fingerprint density at radius 2 is 1.43 bits per heavy atom. The molecule has 1 aliphatic rings. The third-order valence-electron chi connectivity index (χ3n) is 10.4. The molecule has 252 valence electrons. The lowest BCUT2D eigenvalue weighted by Crippen LogP contribution is -2.20. The van der Waals surface area contributed by atoms with E-state index < -0.39 is 17.6 Å². The zero-order valence-electron chi connectivity index (χ0n) is 30.1. The third kappa shape index (κ3) is 6.40. The van der Waals surface area contributed by atoms with Gasteiger partial charge in [-0.1, -0.05) is 84.0 Å². The zero-order valence-corrected chi connectivity index (χ0v) is 29.1. The Kier molecular flexibility index (Phi) is 8.13. The summed E-state index contributed by atoms with van der Waals surface area (Å²) in [6.45, 7) is 13.6. The Balaban J connectivity index is 1.31. The largest absolute Gasteiger partial charge is 0.455 e. The maximum absolute atomic E-state index is 13.2. The van der Waals surface area contributed by atoms with E-state index in [1.54, 1.807) is 0 Å². The van der Waals surface area contributed by atoms with Crippen LogP contribution in [0, 0.1) is 5.41 Å². The number of pyridine rings is 1. The molecule has 4 aromatic carbocycles. The molecule has 0 unspecified atom stereocenters. The lowest BCUT2D eigenvalue weighted by atomic mass is 9.70. The van der Waals surface area contributed by atoms with Gasteiger partial charge in [0.1, 0.15) is 11.2 Å². The summed E-state index contributed by atoms with van der Waals surface area (Å²) >= 11 is 0. The topological polar surface area (TPSA) is 26.0 Å². The summed E-state index contributed by atoms with van der Waals surface area (Å²) in [5.41, 5.74) is 10.1. The summed E-state index contributed by atoms with van der Waals surface area (Å²) in [6.07, 6.45) is 1.36. The maximum atomic E-state index is 13.2. The Hall–Kier alpha value is -4.38. The van der Waals surface area contributed by atoms with Crippen molar-refractivity contribution in [3.8, 4) is 33.5 Å². The minimum absolute atomic E-state index is 0.264. The molecule has 0 saturated heterocycles. The molecule has 0 bridgehead atoms. The van der Waals surface area contributed by atoms with Crippen LogP contribution in [0.2, 0.25) is 0 Å². The molecular weight excluding hydrogens is 615 g/mol. The smallest absolute Gasteiger partial charge is 0.416 e. The van der Waals surface area contributed by atoms with Crippen molar-refractivity contribution in [2.45, 2.75) is 91.1 Å². The van der Waals surface area contributed by atoms with Crippen molar-refractivity contribution in [3.05, 3.63) is 113 Å². The van der Waals surface area contributed by atoms with Crippen LogP contribution in [0.3, 0.4) is 0 Å². The standard InChI is InChI=1S/C44H44F3NO/c1-26(2)37-22-32(29-16-19-43(5,6)20-17-29)23-38(27(3)4)41(37)31-18-21-48-39(24-31)36-9-7-8-35-34-15-12-30(25-40(34)49-42(35)36)28-10-13-33(14-11-28)44(45,46)47/h7-15,18,21-27,29H,16-17,19-20H2,1-6H3/i29D. The van der Waals surface area contributed by atoms with Gasteiger partial charge in [-0.3, -0.25) is 4.98 Å². The molecule has 1 aliphatic carbocycles. The first-order chi connectivity index (χ1) is 23.6. The van der Waals surface area contributed by atoms with Crippen molar-refractivity contribution in [2.24, 2.45) is 5.41 Å². The Bertz CT molecular complexity index is 2170. The first kappa shape index (κ1) is 31.9. The van der Waals surface area contributed by atoms with E-state index in [1.807, 2.05) is 42.6 Å². The first-order valence-corrected chi connectivity index (χ1v) is 17.4. The molecule has 6 aromatic rings. The summed E-state index contributed by atoms with van der Waals surface area (Å²) in [6, 6.07) is 25.9. The minimum Gasteiger partial charge on any atom is -0.455 e. The number of aromatic nitrogens is 1. The predicted octanol–water partition coefficient (Wildman–Crippen LogP) is 13.9. The van der Waals surface area contributed by atoms with Gasteiger partial charge >= 0.3 is 6.18 Å². The second-order valence-electron chi connectivity index (χ2n) is 15.1. The van der Waals surface area contributed by atoms with Gasteiger partial charge in [0.25, 0.3) is 0 Å². The molecule has 2 nitrogen and oxygen atoms in total. The Labute approximate surface area is 288 Å². The molecule has 0 atom stereocenters. The number of nitrogens with zero attached hydrogens (tertiary/aromatic N) is 1. The van der Waals surface area contributed by atoms with Crippen molar-refractivity contribution in [1.82, 2.24) is 4.98 Å². The molecule has 0 amide bonds. The van der Waals surface area contributed by atoms with Gasteiger partial charge in [0.15, 0.2) is 0 Å². The molecular formula is C44H44F3NO. The SMILES string of the molecule is [2H]C1(c2cc(C(C)C)c(-c3ccnc(-c4cccc5c4oc4cc(-c6ccc(C(F)(F)F)cc6)ccc45)c3)c(C(C)C)c2)CCC(C)(C)CC1. The molecule has 49 heavy (non-hydrogen) atoms. The van der Waals surface area contributed by atoms with Crippen LogP contribution in [-0.2, 0) is 6.18 Å². The fraction of sp³-hybridized carbons (Fsp3) is 0.341. The van der Waals surface area contributed by atoms with Gasteiger partial charge in [0.05, 0.1) is 11.3 Å². The number of fused-ring (bicyclic) bond motifs is 3. The number of benzene rings is 4. The average molecular weight is 661 g/mol. The lowest BCUT2D eigenvalue weighted by Gasteiger charge is -2.35. The number of alkyl halides is 3. The highest BCUT2D eigenvalue weighted by Gasteiger charge is 2.31. The molecule has 7 rings (SSSR count). The van der Waals surface area contributed by atoms with E-state index in [4.69, 9.17) is 9.40 Å². The molecule has 0 N–H and O–H groups in total. The van der Waals surface area contributed by atoms with Gasteiger partial charge in [-0.15, -0.1) is 0 Å².